The van der Waals surface area contributed by atoms with Gasteiger partial charge in [-0.15, -0.1) is 0 Å². The lowest BCUT2D eigenvalue weighted by Gasteiger charge is -2.14. The van der Waals surface area contributed by atoms with Gasteiger partial charge in [0.25, 0.3) is 0 Å². The molecule has 0 saturated carbocycles. The summed E-state index contributed by atoms with van der Waals surface area (Å²) in [7, 11) is 0. The molecule has 21 aromatic rings. The van der Waals surface area contributed by atoms with Gasteiger partial charge in [0, 0.05) is 55.9 Å². The van der Waals surface area contributed by atoms with Crippen molar-refractivity contribution in [1.29, 1.82) is 0 Å². The number of hydrogen-bond acceptors (Lipinski definition) is 5. The Morgan fingerprint density at radius 2 is 0.298 bits per heavy atom. The second-order valence-corrected chi connectivity index (χ2v) is 33.5. The van der Waals surface area contributed by atoms with Gasteiger partial charge >= 0.3 is 0 Å². The van der Waals surface area contributed by atoms with Crippen molar-refractivity contribution in [1.82, 2.24) is 24.9 Å². The predicted octanol–water partition coefficient (Wildman–Crippen LogP) is 33.6. The van der Waals surface area contributed by atoms with E-state index < -0.39 is 0 Å². The molecule has 5 heteroatoms. The van der Waals surface area contributed by atoms with E-state index in [0.29, 0.717) is 0 Å². The monoisotopic (exact) mass is 1680 g/mol. The van der Waals surface area contributed by atoms with Crippen molar-refractivity contribution in [2.45, 2.75) is 34.6 Å². The average molecular weight is 1680 g/mol. The maximum atomic E-state index is 5.24. The lowest BCUT2D eigenvalue weighted by atomic mass is 9.91. The number of hydrogen-bond donors (Lipinski definition) is 0. The number of pyridine rings is 5. The van der Waals surface area contributed by atoms with Crippen LogP contribution in [0.25, 0.3) is 201 Å². The molecule has 0 radical (unpaired) electrons. The summed E-state index contributed by atoms with van der Waals surface area (Å²) < 4.78 is 0. The van der Waals surface area contributed by atoms with Crippen LogP contribution in [0.5, 0.6) is 0 Å². The Labute approximate surface area is 769 Å². The van der Waals surface area contributed by atoms with E-state index in [2.05, 4.69) is 477 Å². The Kier molecular flexibility index (Phi) is 25.0. The molecular formula is C126H95N5. The summed E-state index contributed by atoms with van der Waals surface area (Å²) in [4.78, 5) is 25.0. The van der Waals surface area contributed by atoms with Gasteiger partial charge in [-0.25, -0.2) is 15.0 Å². The molecule has 0 aliphatic heterocycles. The third-order valence-electron chi connectivity index (χ3n) is 23.8. The van der Waals surface area contributed by atoms with Gasteiger partial charge in [-0.05, 0) is 273 Å². The molecule has 0 spiro atoms. The maximum absolute atomic E-state index is 5.24. The summed E-state index contributed by atoms with van der Waals surface area (Å²) in [5.41, 5.74) is 45.8. The second kappa shape index (κ2) is 39.0. The van der Waals surface area contributed by atoms with Crippen molar-refractivity contribution in [3.8, 4) is 201 Å². The molecule has 0 unspecified atom stereocenters. The van der Waals surface area contributed by atoms with Gasteiger partial charge in [0.15, 0.2) is 0 Å². The Balaban J connectivity index is 0.000000127. The number of aromatic nitrogens is 5. The highest BCUT2D eigenvalue weighted by molar-refractivity contribution is 5.90. The Morgan fingerprint density at radius 1 is 0.0992 bits per heavy atom. The smallest absolute Gasteiger partial charge is 0.0716 e. The number of aryl methyl sites for hydroxylation is 5. The first kappa shape index (κ1) is 83.8. The van der Waals surface area contributed by atoms with E-state index in [1.807, 2.05) is 43.3 Å². The summed E-state index contributed by atoms with van der Waals surface area (Å²) in [5, 5.41) is 0. The fraction of sp³-hybridized carbons (Fsp3) is 0.0397. The molecule has 0 saturated heterocycles. The average Bonchev–Trinajstić information content (AvgIpc) is 0.788. The lowest BCUT2D eigenvalue weighted by molar-refractivity contribution is 1.18. The largest absolute Gasteiger partial charge is 0.253 e. The van der Waals surface area contributed by atoms with Crippen LogP contribution >= 0.6 is 0 Å². The minimum atomic E-state index is 0.941. The van der Waals surface area contributed by atoms with E-state index >= 15 is 0 Å². The fourth-order valence-corrected chi connectivity index (χ4v) is 17.3. The molecule has 5 nitrogen and oxygen atoms in total. The first-order valence-corrected chi connectivity index (χ1v) is 44.7. The van der Waals surface area contributed by atoms with Gasteiger partial charge in [0.1, 0.15) is 0 Å². The molecule has 0 aliphatic rings. The van der Waals surface area contributed by atoms with Crippen molar-refractivity contribution in [2.75, 3.05) is 0 Å². The normalized spacial score (nSPS) is 10.9. The highest BCUT2D eigenvalue weighted by Gasteiger charge is 2.19. The molecule has 0 atom stereocenters. The molecule has 0 aliphatic carbocycles. The standard InChI is InChI=1S/C43H33N.C42H32N2.C41H30N2/c1-30-22-31(2)24-37(23-30)33-18-20-34(21-19-33)39-25-38(32-12-6-3-7-13-32)26-40(27-39)41-28-42(35-14-8-4-9-15-35)44-43(29-41)36-16-10-5-11-17-36;1-29-21-30(2)43-40(22-29)35-20-12-19-34(23-35)37-24-36(31-13-6-3-7-14-31)25-39(26-37)42-28-38(32-15-8-4-9-16-32)27-41(44-42)33-17-10-5-11-18-33;1-29-12-11-19-39(42-29)34-22-20-31(21-23-34)36-24-35(30-13-5-2-6-14-30)25-37(26-36)38-27-40(32-15-7-3-8-16-32)43-41(28-38)33-17-9-4-10-18-33/h3-29H,1-2H3;3-28H,1-2H3;2-28H,1H3. The summed E-state index contributed by atoms with van der Waals surface area (Å²) in [6.45, 7) is 10.5. The third-order valence-corrected chi connectivity index (χ3v) is 23.8. The van der Waals surface area contributed by atoms with E-state index in [-0.39, 0.29) is 0 Å². The van der Waals surface area contributed by atoms with Crippen molar-refractivity contribution in [2.24, 2.45) is 0 Å². The quantitative estimate of drug-likeness (QED) is 0.0857. The van der Waals surface area contributed by atoms with Crippen LogP contribution < -0.4 is 0 Å². The van der Waals surface area contributed by atoms with Gasteiger partial charge in [-0.2, -0.15) is 0 Å². The lowest BCUT2D eigenvalue weighted by Crippen LogP contribution is -1.93. The molecule has 0 N–H and O–H groups in total. The zero-order valence-corrected chi connectivity index (χ0v) is 73.9. The van der Waals surface area contributed by atoms with Crippen LogP contribution in [0.15, 0.2) is 485 Å². The zero-order valence-electron chi connectivity index (χ0n) is 73.9. The van der Waals surface area contributed by atoms with E-state index in [1.165, 1.54) is 77.9 Å². The molecule has 0 fully saturated rings. The summed E-state index contributed by atoms with van der Waals surface area (Å²) in [6.07, 6.45) is 0. The Hall–Kier alpha value is -16.7. The van der Waals surface area contributed by atoms with Crippen LogP contribution in [0.2, 0.25) is 0 Å². The van der Waals surface area contributed by atoms with Gasteiger partial charge in [0.05, 0.1) is 45.6 Å². The first-order valence-electron chi connectivity index (χ1n) is 44.7. The van der Waals surface area contributed by atoms with Crippen molar-refractivity contribution >= 4 is 0 Å². The van der Waals surface area contributed by atoms with Crippen LogP contribution in [0.4, 0.5) is 0 Å². The van der Waals surface area contributed by atoms with Crippen LogP contribution in [-0.2, 0) is 0 Å². The number of nitrogens with zero attached hydrogens (tertiary/aromatic N) is 5. The van der Waals surface area contributed by atoms with E-state index in [4.69, 9.17) is 24.9 Å². The van der Waals surface area contributed by atoms with Crippen molar-refractivity contribution in [3.63, 3.8) is 0 Å². The minimum absolute atomic E-state index is 0.941. The molecule has 16 aromatic carbocycles. The molecule has 131 heavy (non-hydrogen) atoms. The van der Waals surface area contributed by atoms with Crippen LogP contribution in [0.3, 0.4) is 0 Å². The number of rotatable bonds is 18. The highest BCUT2D eigenvalue weighted by Crippen LogP contribution is 2.43. The van der Waals surface area contributed by atoms with Gasteiger partial charge < -0.3 is 0 Å². The molecule has 624 valence electrons. The predicted molar refractivity (Wildman–Crippen MR) is 550 cm³/mol. The Morgan fingerprint density at radius 3 is 0.618 bits per heavy atom. The van der Waals surface area contributed by atoms with Crippen LogP contribution in [-0.4, -0.2) is 24.9 Å². The SMILES string of the molecule is Cc1cc(C)cc(-c2ccc(-c3cc(-c4ccccc4)cc(-c4cc(-c5ccccc5)nc(-c5ccccc5)c4)c3)cc2)c1.Cc1cc(C)nc(-c2cccc(-c3cc(-c4ccccc4)cc(-c4cc(-c5ccccc5)cc(-c5ccccc5)n4)c3)c2)c1.Cc1cccc(-c2ccc(-c3cc(-c4ccccc4)cc(-c4cc(-c5ccccc5)nc(-c5ccccc5)c4)c3)cc2)n1. The Bertz CT molecular complexity index is 7330. The van der Waals surface area contributed by atoms with Crippen LogP contribution in [0.1, 0.15) is 28.1 Å². The zero-order chi connectivity index (χ0) is 88.8. The topological polar surface area (TPSA) is 64.5 Å². The maximum Gasteiger partial charge on any atom is 0.0716 e. The molecule has 0 amide bonds. The molecular weight excluding hydrogens is 1580 g/mol. The van der Waals surface area contributed by atoms with E-state index in [9.17, 15) is 0 Å². The van der Waals surface area contributed by atoms with Gasteiger partial charge in [-0.1, -0.05) is 375 Å². The van der Waals surface area contributed by atoms with E-state index in [0.717, 1.165) is 152 Å². The fourth-order valence-electron chi connectivity index (χ4n) is 17.3. The summed E-state index contributed by atoms with van der Waals surface area (Å²) in [6, 6.07) is 172. The highest BCUT2D eigenvalue weighted by atomic mass is 14.7. The second-order valence-electron chi connectivity index (χ2n) is 33.5. The molecule has 5 aromatic heterocycles. The summed E-state index contributed by atoms with van der Waals surface area (Å²) >= 11 is 0. The third kappa shape index (κ3) is 20.2. The van der Waals surface area contributed by atoms with Crippen molar-refractivity contribution < 1.29 is 0 Å². The summed E-state index contributed by atoms with van der Waals surface area (Å²) in [5.74, 6) is 0. The molecule has 21 rings (SSSR count). The van der Waals surface area contributed by atoms with Gasteiger partial charge in [-0.3, -0.25) is 9.97 Å². The van der Waals surface area contributed by atoms with Crippen molar-refractivity contribution in [3.05, 3.63) is 513 Å². The minimum Gasteiger partial charge on any atom is -0.253 e. The van der Waals surface area contributed by atoms with Crippen LogP contribution in [0, 0.1) is 34.6 Å². The molecule has 0 bridgehead atoms. The first-order chi connectivity index (χ1) is 64.4. The van der Waals surface area contributed by atoms with Gasteiger partial charge in [0.2, 0.25) is 0 Å². The number of benzene rings is 16. The van der Waals surface area contributed by atoms with E-state index in [1.54, 1.807) is 0 Å². The molecule has 5 heterocycles.